The van der Waals surface area contributed by atoms with Crippen LogP contribution in [0, 0.1) is 12.8 Å². The van der Waals surface area contributed by atoms with Crippen LogP contribution in [0.3, 0.4) is 0 Å². The molecular formula is C28H37N3O5S3. The molecule has 1 amide bonds. The molecule has 3 heterocycles. The summed E-state index contributed by atoms with van der Waals surface area (Å²) in [5, 5.41) is 5.45. The molecule has 1 aromatic carbocycles. The number of sulfone groups is 1. The fraction of sp³-hybridized carbons (Fsp3) is 0.536. The first-order valence-electron chi connectivity index (χ1n) is 13.5. The quantitative estimate of drug-likeness (QED) is 0.407. The van der Waals surface area contributed by atoms with E-state index in [1.54, 1.807) is 6.07 Å². The summed E-state index contributed by atoms with van der Waals surface area (Å²) in [4.78, 5) is 13.5. The number of carbonyl (C=O) groups is 1. The van der Waals surface area contributed by atoms with Gasteiger partial charge in [-0.05, 0) is 70.0 Å². The van der Waals surface area contributed by atoms with E-state index < -0.39 is 25.4 Å². The van der Waals surface area contributed by atoms with Gasteiger partial charge >= 0.3 is 0 Å². The second-order valence-electron chi connectivity index (χ2n) is 12.0. The number of fused-ring (bicyclic) bond motifs is 1. The minimum absolute atomic E-state index is 0.0260. The average molecular weight is 592 g/mol. The summed E-state index contributed by atoms with van der Waals surface area (Å²) in [5.74, 6) is 0.182. The molecule has 1 saturated carbocycles. The van der Waals surface area contributed by atoms with Gasteiger partial charge in [-0.1, -0.05) is 25.3 Å². The highest BCUT2D eigenvalue weighted by molar-refractivity contribution is 7.92. The molecule has 3 aromatic rings. The zero-order valence-electron chi connectivity index (χ0n) is 22.9. The van der Waals surface area contributed by atoms with E-state index in [0.717, 1.165) is 41.0 Å². The third kappa shape index (κ3) is 5.96. The van der Waals surface area contributed by atoms with Crippen LogP contribution < -0.4 is 10.0 Å². The van der Waals surface area contributed by atoms with Crippen molar-refractivity contribution in [2.24, 2.45) is 5.92 Å². The Morgan fingerprint density at radius 2 is 1.79 bits per heavy atom. The Bertz CT molecular complexity index is 1610. The third-order valence-corrected chi connectivity index (χ3v) is 12.2. The first kappa shape index (κ1) is 28.3. The Kier molecular flexibility index (Phi) is 7.49. The Labute approximate surface area is 235 Å². The van der Waals surface area contributed by atoms with Gasteiger partial charge in [-0.2, -0.15) is 0 Å². The minimum atomic E-state index is -3.75. The van der Waals surface area contributed by atoms with Crippen LogP contribution >= 0.6 is 11.3 Å². The molecule has 2 N–H and O–H groups in total. The molecule has 0 unspecified atom stereocenters. The van der Waals surface area contributed by atoms with Crippen LogP contribution in [-0.4, -0.2) is 50.4 Å². The van der Waals surface area contributed by atoms with E-state index in [1.807, 2.05) is 51.3 Å². The largest absolute Gasteiger partial charge is 0.347 e. The maximum absolute atomic E-state index is 13.3. The summed E-state index contributed by atoms with van der Waals surface area (Å²) in [6, 6.07) is 6.87. The van der Waals surface area contributed by atoms with E-state index >= 15 is 0 Å². The van der Waals surface area contributed by atoms with Gasteiger partial charge in [0.2, 0.25) is 10.0 Å². The fourth-order valence-electron chi connectivity index (χ4n) is 5.80. The van der Waals surface area contributed by atoms with Crippen LogP contribution in [0.2, 0.25) is 0 Å². The van der Waals surface area contributed by atoms with Gasteiger partial charge in [-0.25, -0.2) is 21.6 Å². The standard InChI is InChI=1S/C28H37N3O5S3/c1-18-23(27(32)29-20-16-38(33,34)17-20)14-24(31(18)15-19-8-6-5-7-9-19)21-10-11-25(22-12-13-37-26(21)22)39(35,36)30-28(2,3)4/h10-14,19-20,30H,5-9,15-17H2,1-4H3,(H,29,32). The van der Waals surface area contributed by atoms with E-state index in [-0.39, 0.29) is 28.4 Å². The fourth-order valence-corrected chi connectivity index (χ4v) is 9.73. The van der Waals surface area contributed by atoms with Gasteiger partial charge in [0, 0.05) is 33.4 Å². The van der Waals surface area contributed by atoms with Crippen LogP contribution in [0.15, 0.2) is 34.5 Å². The van der Waals surface area contributed by atoms with Gasteiger partial charge in [-0.3, -0.25) is 4.79 Å². The molecule has 0 bridgehead atoms. The van der Waals surface area contributed by atoms with E-state index in [9.17, 15) is 21.6 Å². The summed E-state index contributed by atoms with van der Waals surface area (Å²) in [5.41, 5.74) is 2.52. The van der Waals surface area contributed by atoms with Gasteiger partial charge in [0.05, 0.1) is 33.7 Å². The molecule has 11 heteroatoms. The molecule has 5 rings (SSSR count). The average Bonchev–Trinajstić information content (AvgIpc) is 3.42. The second-order valence-corrected chi connectivity index (χ2v) is 16.7. The monoisotopic (exact) mass is 591 g/mol. The van der Waals surface area contributed by atoms with Gasteiger partial charge in [0.15, 0.2) is 9.84 Å². The van der Waals surface area contributed by atoms with Crippen LogP contribution in [0.1, 0.15) is 68.9 Å². The molecule has 0 radical (unpaired) electrons. The number of thiophene rings is 1. The molecule has 2 aliphatic rings. The summed E-state index contributed by atoms with van der Waals surface area (Å²) >= 11 is 1.49. The number of hydrogen-bond donors (Lipinski definition) is 2. The molecule has 2 fully saturated rings. The Morgan fingerprint density at radius 1 is 1.10 bits per heavy atom. The van der Waals surface area contributed by atoms with Crippen molar-refractivity contribution in [3.05, 3.63) is 40.9 Å². The maximum Gasteiger partial charge on any atom is 0.253 e. The van der Waals surface area contributed by atoms with Gasteiger partial charge in [-0.15, -0.1) is 11.3 Å². The molecule has 1 aliphatic carbocycles. The predicted molar refractivity (Wildman–Crippen MR) is 157 cm³/mol. The van der Waals surface area contributed by atoms with Gasteiger partial charge in [0.25, 0.3) is 5.91 Å². The van der Waals surface area contributed by atoms with E-state index in [2.05, 4.69) is 14.6 Å². The molecule has 1 aliphatic heterocycles. The summed E-state index contributed by atoms with van der Waals surface area (Å²) in [6.07, 6.45) is 5.93. The number of sulfonamides is 1. The van der Waals surface area contributed by atoms with E-state index in [0.29, 0.717) is 16.9 Å². The third-order valence-electron chi connectivity index (χ3n) is 7.60. The number of hydrogen-bond acceptors (Lipinski definition) is 6. The molecular weight excluding hydrogens is 555 g/mol. The lowest BCUT2D eigenvalue weighted by atomic mass is 9.89. The Morgan fingerprint density at radius 3 is 2.44 bits per heavy atom. The lowest BCUT2D eigenvalue weighted by molar-refractivity contribution is 0.0941. The van der Waals surface area contributed by atoms with E-state index in [4.69, 9.17) is 0 Å². The topological polar surface area (TPSA) is 114 Å². The predicted octanol–water partition coefficient (Wildman–Crippen LogP) is 4.86. The number of aromatic nitrogens is 1. The first-order valence-corrected chi connectivity index (χ1v) is 17.7. The van der Waals surface area contributed by atoms with Crippen LogP contribution in [0.5, 0.6) is 0 Å². The highest BCUT2D eigenvalue weighted by Crippen LogP contribution is 2.39. The van der Waals surface area contributed by atoms with Crippen molar-refractivity contribution in [3.8, 4) is 11.3 Å². The maximum atomic E-state index is 13.3. The number of nitrogens with zero attached hydrogens (tertiary/aromatic N) is 1. The second kappa shape index (κ2) is 10.3. The van der Waals surface area contributed by atoms with Crippen molar-refractivity contribution >= 4 is 47.2 Å². The van der Waals surface area contributed by atoms with E-state index in [1.165, 1.54) is 30.6 Å². The zero-order valence-corrected chi connectivity index (χ0v) is 25.4. The zero-order chi connectivity index (χ0) is 28.2. The molecule has 8 nitrogen and oxygen atoms in total. The van der Waals surface area contributed by atoms with Crippen LogP contribution in [-0.2, 0) is 26.4 Å². The summed E-state index contributed by atoms with van der Waals surface area (Å²) in [7, 11) is -6.80. The van der Waals surface area contributed by atoms with Crippen molar-refractivity contribution in [3.63, 3.8) is 0 Å². The summed E-state index contributed by atoms with van der Waals surface area (Å²) in [6.45, 7) is 8.17. The lowest BCUT2D eigenvalue weighted by Crippen LogP contribution is -2.53. The number of amides is 1. The van der Waals surface area contributed by atoms with Crippen molar-refractivity contribution in [1.82, 2.24) is 14.6 Å². The SMILES string of the molecule is Cc1c(C(=O)NC2CS(=O)(=O)C2)cc(-c2ccc(S(=O)(=O)NC(C)(C)C)c3ccsc23)n1CC1CCCCC1. The Balaban J connectivity index is 1.58. The highest BCUT2D eigenvalue weighted by Gasteiger charge is 2.35. The smallest absolute Gasteiger partial charge is 0.253 e. The Hall–Kier alpha value is -2.21. The number of benzene rings is 1. The van der Waals surface area contributed by atoms with Crippen molar-refractivity contribution in [2.45, 2.75) is 82.8 Å². The molecule has 0 atom stereocenters. The summed E-state index contributed by atoms with van der Waals surface area (Å²) < 4.78 is 55.6. The van der Waals surface area contributed by atoms with Crippen molar-refractivity contribution in [1.29, 1.82) is 0 Å². The highest BCUT2D eigenvalue weighted by atomic mass is 32.2. The van der Waals surface area contributed by atoms with Crippen LogP contribution in [0.4, 0.5) is 0 Å². The number of carbonyl (C=O) groups excluding carboxylic acids is 1. The molecule has 0 spiro atoms. The molecule has 1 saturated heterocycles. The molecule has 2 aromatic heterocycles. The minimum Gasteiger partial charge on any atom is -0.347 e. The first-order chi connectivity index (χ1) is 18.2. The van der Waals surface area contributed by atoms with Gasteiger partial charge in [0.1, 0.15) is 0 Å². The van der Waals surface area contributed by atoms with Crippen molar-refractivity contribution in [2.75, 3.05) is 11.5 Å². The van der Waals surface area contributed by atoms with Crippen LogP contribution in [0.25, 0.3) is 21.3 Å². The van der Waals surface area contributed by atoms with Gasteiger partial charge < -0.3 is 9.88 Å². The van der Waals surface area contributed by atoms with Crippen molar-refractivity contribution < 1.29 is 21.6 Å². The lowest BCUT2D eigenvalue weighted by Gasteiger charge is -2.26. The number of nitrogens with one attached hydrogen (secondary N) is 2. The number of rotatable bonds is 7. The molecule has 212 valence electrons. The molecule has 39 heavy (non-hydrogen) atoms. The normalized spacial score (nSPS) is 18.8.